The molecule has 94 valence electrons. The fraction of sp³-hybridized carbons (Fsp3) is 0.917. The van der Waals surface area contributed by atoms with Gasteiger partial charge in [0.05, 0.1) is 0 Å². The molecule has 4 nitrogen and oxygen atoms in total. The molecule has 0 aromatic heterocycles. The van der Waals surface area contributed by atoms with Crippen molar-refractivity contribution in [1.82, 2.24) is 4.90 Å². The van der Waals surface area contributed by atoms with Gasteiger partial charge in [-0.25, -0.2) is 0 Å². The van der Waals surface area contributed by atoms with Crippen LogP contribution in [0.4, 0.5) is 0 Å². The molecular weight excluding hydrogens is 204 g/mol. The summed E-state index contributed by atoms with van der Waals surface area (Å²) in [5.74, 6) is 0.0895. The normalized spacial score (nSPS) is 21.1. The standard InChI is InChI=1S/C12H24N2O2/c1-2-3-4-8-16-10-12(15)14-7-5-6-11(13)9-14/h11H,2-10,13H2,1H3. The molecule has 1 rings (SSSR count). The van der Waals surface area contributed by atoms with Gasteiger partial charge in [-0.3, -0.25) is 4.79 Å². The Bertz CT molecular complexity index is 209. The van der Waals surface area contributed by atoms with Crippen molar-refractivity contribution in [2.45, 2.75) is 45.1 Å². The molecule has 1 heterocycles. The van der Waals surface area contributed by atoms with Crippen LogP contribution in [0.3, 0.4) is 0 Å². The zero-order valence-corrected chi connectivity index (χ0v) is 10.3. The summed E-state index contributed by atoms with van der Waals surface area (Å²) in [5, 5.41) is 0. The summed E-state index contributed by atoms with van der Waals surface area (Å²) in [7, 11) is 0. The number of rotatable bonds is 6. The first kappa shape index (κ1) is 13.5. The maximum absolute atomic E-state index is 11.7. The van der Waals surface area contributed by atoms with Crippen molar-refractivity contribution in [3.05, 3.63) is 0 Å². The van der Waals surface area contributed by atoms with Crippen molar-refractivity contribution in [3.63, 3.8) is 0 Å². The van der Waals surface area contributed by atoms with Gasteiger partial charge in [-0.05, 0) is 19.3 Å². The van der Waals surface area contributed by atoms with Gasteiger partial charge in [0.25, 0.3) is 0 Å². The molecule has 0 aliphatic carbocycles. The predicted molar refractivity (Wildman–Crippen MR) is 64.1 cm³/mol. The van der Waals surface area contributed by atoms with Crippen LogP contribution in [0.15, 0.2) is 0 Å². The minimum atomic E-state index is 0.0895. The summed E-state index contributed by atoms with van der Waals surface area (Å²) in [5.41, 5.74) is 5.82. The summed E-state index contributed by atoms with van der Waals surface area (Å²) in [4.78, 5) is 13.5. The highest BCUT2D eigenvalue weighted by Gasteiger charge is 2.20. The highest BCUT2D eigenvalue weighted by atomic mass is 16.5. The van der Waals surface area contributed by atoms with Gasteiger partial charge in [-0.15, -0.1) is 0 Å². The Kier molecular flexibility index (Phi) is 6.42. The maximum atomic E-state index is 11.7. The lowest BCUT2D eigenvalue weighted by molar-refractivity contribution is -0.137. The number of carbonyl (C=O) groups is 1. The number of ether oxygens (including phenoxy) is 1. The molecule has 2 N–H and O–H groups in total. The van der Waals surface area contributed by atoms with Crippen LogP contribution in [0.1, 0.15) is 39.0 Å². The van der Waals surface area contributed by atoms with Crippen molar-refractivity contribution in [2.75, 3.05) is 26.3 Å². The van der Waals surface area contributed by atoms with Crippen LogP contribution in [-0.2, 0) is 9.53 Å². The van der Waals surface area contributed by atoms with E-state index in [4.69, 9.17) is 10.5 Å². The maximum Gasteiger partial charge on any atom is 0.248 e. The predicted octanol–water partition coefficient (Wildman–Crippen LogP) is 1.14. The molecule has 1 aliphatic heterocycles. The monoisotopic (exact) mass is 228 g/mol. The lowest BCUT2D eigenvalue weighted by Crippen LogP contribution is -2.46. The summed E-state index contributed by atoms with van der Waals surface area (Å²) in [6, 6.07) is 0.151. The topological polar surface area (TPSA) is 55.6 Å². The molecule has 0 saturated carbocycles. The number of carbonyl (C=O) groups excluding carboxylic acids is 1. The molecule has 0 radical (unpaired) electrons. The van der Waals surface area contributed by atoms with Gasteiger partial charge in [0, 0.05) is 25.7 Å². The Morgan fingerprint density at radius 3 is 3.00 bits per heavy atom. The minimum Gasteiger partial charge on any atom is -0.372 e. The van der Waals surface area contributed by atoms with Crippen molar-refractivity contribution >= 4 is 5.91 Å². The molecule has 0 spiro atoms. The van der Waals surface area contributed by atoms with Crippen LogP contribution in [0.25, 0.3) is 0 Å². The van der Waals surface area contributed by atoms with E-state index >= 15 is 0 Å². The van der Waals surface area contributed by atoms with Crippen molar-refractivity contribution in [3.8, 4) is 0 Å². The van der Waals surface area contributed by atoms with Crippen LogP contribution in [0.2, 0.25) is 0 Å². The zero-order chi connectivity index (χ0) is 11.8. The lowest BCUT2D eigenvalue weighted by Gasteiger charge is -2.30. The highest BCUT2D eigenvalue weighted by Crippen LogP contribution is 2.08. The van der Waals surface area contributed by atoms with Gasteiger partial charge < -0.3 is 15.4 Å². The Balaban J connectivity index is 2.09. The average molecular weight is 228 g/mol. The first-order valence-corrected chi connectivity index (χ1v) is 6.35. The molecule has 1 unspecified atom stereocenters. The highest BCUT2D eigenvalue weighted by molar-refractivity contribution is 5.77. The molecule has 1 amide bonds. The van der Waals surface area contributed by atoms with Crippen LogP contribution < -0.4 is 5.73 Å². The molecule has 1 atom stereocenters. The lowest BCUT2D eigenvalue weighted by atomic mass is 10.1. The Morgan fingerprint density at radius 1 is 1.50 bits per heavy atom. The Morgan fingerprint density at radius 2 is 2.31 bits per heavy atom. The number of hydrogen-bond acceptors (Lipinski definition) is 3. The molecule has 0 aromatic rings. The third kappa shape index (κ3) is 4.94. The smallest absolute Gasteiger partial charge is 0.248 e. The molecule has 0 bridgehead atoms. The summed E-state index contributed by atoms with van der Waals surface area (Å²) < 4.78 is 5.35. The number of unbranched alkanes of at least 4 members (excludes halogenated alkanes) is 2. The van der Waals surface area contributed by atoms with E-state index in [2.05, 4.69) is 6.92 Å². The molecule has 1 fully saturated rings. The number of likely N-dealkylation sites (tertiary alicyclic amines) is 1. The number of amides is 1. The summed E-state index contributed by atoms with van der Waals surface area (Å²) in [6.07, 6.45) is 5.44. The Hall–Kier alpha value is -0.610. The average Bonchev–Trinajstić information content (AvgIpc) is 2.28. The fourth-order valence-electron chi connectivity index (χ4n) is 1.94. The van der Waals surface area contributed by atoms with Crippen molar-refractivity contribution < 1.29 is 9.53 Å². The molecule has 4 heteroatoms. The van der Waals surface area contributed by atoms with Crippen molar-refractivity contribution in [2.24, 2.45) is 5.73 Å². The molecular formula is C12H24N2O2. The summed E-state index contributed by atoms with van der Waals surface area (Å²) >= 11 is 0. The van der Waals surface area contributed by atoms with E-state index in [0.29, 0.717) is 13.2 Å². The first-order valence-electron chi connectivity index (χ1n) is 6.35. The molecule has 0 aromatic carbocycles. The minimum absolute atomic E-state index is 0.0895. The number of nitrogens with zero attached hydrogens (tertiary/aromatic N) is 1. The van der Waals surface area contributed by atoms with E-state index in [1.54, 1.807) is 0 Å². The molecule has 1 aliphatic rings. The molecule has 1 saturated heterocycles. The van der Waals surface area contributed by atoms with Crippen LogP contribution in [0, 0.1) is 0 Å². The van der Waals surface area contributed by atoms with Gasteiger partial charge in [0.2, 0.25) is 5.91 Å². The van der Waals surface area contributed by atoms with Gasteiger partial charge in [-0.2, -0.15) is 0 Å². The SMILES string of the molecule is CCCCCOCC(=O)N1CCCC(N)C1. The molecule has 16 heavy (non-hydrogen) atoms. The summed E-state index contributed by atoms with van der Waals surface area (Å²) in [6.45, 7) is 4.60. The van der Waals surface area contributed by atoms with E-state index in [-0.39, 0.29) is 18.6 Å². The third-order valence-corrected chi connectivity index (χ3v) is 2.93. The number of nitrogens with two attached hydrogens (primary N) is 1. The van der Waals surface area contributed by atoms with Crippen LogP contribution in [0.5, 0.6) is 0 Å². The first-order chi connectivity index (χ1) is 7.74. The van der Waals surface area contributed by atoms with Crippen molar-refractivity contribution in [1.29, 1.82) is 0 Å². The second-order valence-electron chi connectivity index (χ2n) is 4.50. The van der Waals surface area contributed by atoms with Gasteiger partial charge in [0.1, 0.15) is 6.61 Å². The third-order valence-electron chi connectivity index (χ3n) is 2.93. The Labute approximate surface area is 98.1 Å². The van der Waals surface area contributed by atoms with Crippen LogP contribution >= 0.6 is 0 Å². The second kappa shape index (κ2) is 7.63. The van der Waals surface area contributed by atoms with E-state index in [0.717, 1.165) is 25.8 Å². The number of hydrogen-bond donors (Lipinski definition) is 1. The van der Waals surface area contributed by atoms with E-state index in [1.165, 1.54) is 12.8 Å². The van der Waals surface area contributed by atoms with E-state index in [9.17, 15) is 4.79 Å². The van der Waals surface area contributed by atoms with Gasteiger partial charge in [-0.1, -0.05) is 19.8 Å². The van der Waals surface area contributed by atoms with Crippen LogP contribution in [-0.4, -0.2) is 43.2 Å². The quantitative estimate of drug-likeness (QED) is 0.694. The number of piperidine rings is 1. The zero-order valence-electron chi connectivity index (χ0n) is 10.3. The van der Waals surface area contributed by atoms with E-state index < -0.39 is 0 Å². The largest absolute Gasteiger partial charge is 0.372 e. The van der Waals surface area contributed by atoms with E-state index in [1.807, 2.05) is 4.90 Å². The van der Waals surface area contributed by atoms with Gasteiger partial charge in [0.15, 0.2) is 0 Å². The fourth-order valence-corrected chi connectivity index (χ4v) is 1.94. The second-order valence-corrected chi connectivity index (χ2v) is 4.50. The van der Waals surface area contributed by atoms with Gasteiger partial charge >= 0.3 is 0 Å².